The number of benzene rings is 2. The molecule has 0 amide bonds. The van der Waals surface area contributed by atoms with Crippen LogP contribution in [0.2, 0.25) is 0 Å². The van der Waals surface area contributed by atoms with Crippen LogP contribution in [0.15, 0.2) is 51.9 Å². The van der Waals surface area contributed by atoms with Crippen molar-refractivity contribution in [2.45, 2.75) is 6.54 Å². The first-order chi connectivity index (χ1) is 13.6. The van der Waals surface area contributed by atoms with E-state index in [0.717, 1.165) is 31.7 Å². The molecule has 0 spiro atoms. The fourth-order valence-corrected chi connectivity index (χ4v) is 3.67. The average Bonchev–Trinajstić information content (AvgIpc) is 2.72. The van der Waals surface area contributed by atoms with E-state index in [1.807, 2.05) is 30.3 Å². The number of phenolic OH excluding ortho intramolecular Hbond substituents is 1. The molecular weight excluding hydrogens is 356 g/mol. The molecule has 0 unspecified atom stereocenters. The maximum atomic E-state index is 13.3. The van der Waals surface area contributed by atoms with Gasteiger partial charge in [-0.25, -0.2) is 0 Å². The van der Waals surface area contributed by atoms with E-state index in [1.165, 1.54) is 19.4 Å². The zero-order valence-electron chi connectivity index (χ0n) is 16.1. The van der Waals surface area contributed by atoms with Crippen LogP contribution in [0, 0.1) is 0 Å². The summed E-state index contributed by atoms with van der Waals surface area (Å²) in [7, 11) is 3.59. The number of likely N-dealkylation sites (N-methyl/N-ethyl adjacent to an activating group) is 1. The summed E-state index contributed by atoms with van der Waals surface area (Å²) in [6.07, 6.45) is 1.48. The van der Waals surface area contributed by atoms with Gasteiger partial charge in [0.05, 0.1) is 18.2 Å². The molecule has 2 heterocycles. The van der Waals surface area contributed by atoms with Crippen LogP contribution >= 0.6 is 0 Å². The van der Waals surface area contributed by atoms with Gasteiger partial charge in [-0.1, -0.05) is 30.3 Å². The minimum absolute atomic E-state index is 0.0823. The van der Waals surface area contributed by atoms with Gasteiger partial charge in [-0.05, 0) is 12.6 Å². The Morgan fingerprint density at radius 2 is 1.86 bits per heavy atom. The first kappa shape index (κ1) is 18.5. The van der Waals surface area contributed by atoms with Crippen molar-refractivity contribution in [2.24, 2.45) is 0 Å². The number of phenols is 1. The van der Waals surface area contributed by atoms with E-state index in [2.05, 4.69) is 16.8 Å². The number of ether oxygens (including phenoxy) is 1. The lowest BCUT2D eigenvalue weighted by Crippen LogP contribution is -2.43. The van der Waals surface area contributed by atoms with Gasteiger partial charge in [-0.3, -0.25) is 9.69 Å². The zero-order valence-corrected chi connectivity index (χ0v) is 16.1. The molecule has 0 aliphatic carbocycles. The Bertz CT molecular complexity index is 1040. The molecule has 6 nitrogen and oxygen atoms in total. The van der Waals surface area contributed by atoms with Crippen molar-refractivity contribution in [3.63, 3.8) is 0 Å². The Morgan fingerprint density at radius 1 is 1.14 bits per heavy atom. The maximum Gasteiger partial charge on any atom is 0.204 e. The van der Waals surface area contributed by atoms with Crippen molar-refractivity contribution in [3.05, 3.63) is 58.4 Å². The minimum Gasteiger partial charge on any atom is -0.507 e. The number of methoxy groups -OCH3 is 1. The van der Waals surface area contributed by atoms with Crippen LogP contribution in [-0.2, 0) is 6.54 Å². The van der Waals surface area contributed by atoms with E-state index in [1.54, 1.807) is 0 Å². The summed E-state index contributed by atoms with van der Waals surface area (Å²) in [4.78, 5) is 17.8. The summed E-state index contributed by atoms with van der Waals surface area (Å²) in [6.45, 7) is 4.26. The standard InChI is InChI=1S/C22H24N2O4/c1-23-8-10-24(11-9-23)13-16-18(25)12-19(27-2)20-21(26)17(14-28-22(16)20)15-6-4-3-5-7-15/h3-7,12,14,25H,8-11,13H2,1-2H3. The summed E-state index contributed by atoms with van der Waals surface area (Å²) < 4.78 is 11.3. The van der Waals surface area contributed by atoms with Gasteiger partial charge >= 0.3 is 0 Å². The summed E-state index contributed by atoms with van der Waals surface area (Å²) in [6, 6.07) is 10.9. The van der Waals surface area contributed by atoms with E-state index in [4.69, 9.17) is 9.15 Å². The van der Waals surface area contributed by atoms with Crippen molar-refractivity contribution in [1.29, 1.82) is 0 Å². The molecule has 1 N–H and O–H groups in total. The predicted octanol–water partition coefficient (Wildman–Crippen LogP) is 2.92. The maximum absolute atomic E-state index is 13.3. The molecule has 0 atom stereocenters. The molecule has 0 radical (unpaired) electrons. The molecule has 0 bridgehead atoms. The highest BCUT2D eigenvalue weighted by atomic mass is 16.5. The van der Waals surface area contributed by atoms with Crippen LogP contribution in [0.25, 0.3) is 22.1 Å². The highest BCUT2D eigenvalue weighted by Crippen LogP contribution is 2.35. The summed E-state index contributed by atoms with van der Waals surface area (Å²) in [5.74, 6) is 0.403. The fraction of sp³-hybridized carbons (Fsp3) is 0.318. The van der Waals surface area contributed by atoms with E-state index in [9.17, 15) is 9.90 Å². The van der Waals surface area contributed by atoms with Crippen LogP contribution in [0.3, 0.4) is 0 Å². The van der Waals surface area contributed by atoms with E-state index in [-0.39, 0.29) is 11.2 Å². The Kier molecular flexibility index (Phi) is 5.07. The molecule has 3 aromatic rings. The molecule has 4 rings (SSSR count). The van der Waals surface area contributed by atoms with Crippen LogP contribution in [-0.4, -0.2) is 55.2 Å². The van der Waals surface area contributed by atoms with E-state index < -0.39 is 0 Å². The highest BCUT2D eigenvalue weighted by Gasteiger charge is 2.22. The van der Waals surface area contributed by atoms with Crippen LogP contribution < -0.4 is 10.2 Å². The van der Waals surface area contributed by atoms with E-state index in [0.29, 0.717) is 34.4 Å². The van der Waals surface area contributed by atoms with Gasteiger partial charge in [0.15, 0.2) is 0 Å². The number of rotatable bonds is 4. The number of aromatic hydroxyl groups is 1. The number of hydrogen-bond donors (Lipinski definition) is 1. The quantitative estimate of drug-likeness (QED) is 0.751. The van der Waals surface area contributed by atoms with Crippen LogP contribution in [0.1, 0.15) is 5.56 Å². The van der Waals surface area contributed by atoms with Crippen molar-refractivity contribution in [2.75, 3.05) is 40.3 Å². The molecule has 1 aliphatic rings. The second-order valence-corrected chi connectivity index (χ2v) is 7.20. The lowest BCUT2D eigenvalue weighted by Gasteiger charge is -2.32. The summed E-state index contributed by atoms with van der Waals surface area (Å²) >= 11 is 0. The van der Waals surface area contributed by atoms with Gasteiger partial charge in [0.1, 0.15) is 28.7 Å². The van der Waals surface area contributed by atoms with Crippen LogP contribution in [0.5, 0.6) is 11.5 Å². The van der Waals surface area contributed by atoms with Gasteiger partial charge in [0.25, 0.3) is 0 Å². The van der Waals surface area contributed by atoms with Crippen LogP contribution in [0.4, 0.5) is 0 Å². The second kappa shape index (κ2) is 7.66. The number of nitrogens with zero attached hydrogens (tertiary/aromatic N) is 2. The first-order valence-corrected chi connectivity index (χ1v) is 9.39. The van der Waals surface area contributed by atoms with Gasteiger partial charge in [-0.15, -0.1) is 0 Å². The summed E-state index contributed by atoms with van der Waals surface area (Å²) in [5, 5.41) is 11.0. The van der Waals surface area contributed by atoms with Crippen molar-refractivity contribution >= 4 is 11.0 Å². The largest absolute Gasteiger partial charge is 0.507 e. The third-order valence-electron chi connectivity index (χ3n) is 5.37. The highest BCUT2D eigenvalue weighted by molar-refractivity contribution is 5.91. The third kappa shape index (κ3) is 3.37. The molecule has 146 valence electrons. The molecule has 0 saturated carbocycles. The predicted molar refractivity (Wildman–Crippen MR) is 109 cm³/mol. The van der Waals surface area contributed by atoms with Crippen molar-refractivity contribution in [3.8, 4) is 22.6 Å². The number of fused-ring (bicyclic) bond motifs is 1. The average molecular weight is 380 g/mol. The SMILES string of the molecule is COc1cc(O)c(CN2CCN(C)CC2)c2occ(-c3ccccc3)c(=O)c12. The monoisotopic (exact) mass is 380 g/mol. The van der Waals surface area contributed by atoms with Gasteiger partial charge < -0.3 is 19.2 Å². The minimum atomic E-state index is -0.163. The first-order valence-electron chi connectivity index (χ1n) is 9.39. The number of hydrogen-bond acceptors (Lipinski definition) is 6. The van der Waals surface area contributed by atoms with Gasteiger partial charge in [0.2, 0.25) is 5.43 Å². The summed E-state index contributed by atoms with van der Waals surface area (Å²) in [5.41, 5.74) is 2.11. The van der Waals surface area contributed by atoms with E-state index >= 15 is 0 Å². The molecule has 1 aliphatic heterocycles. The Morgan fingerprint density at radius 3 is 2.54 bits per heavy atom. The second-order valence-electron chi connectivity index (χ2n) is 7.20. The molecule has 6 heteroatoms. The Hall–Kier alpha value is -2.83. The lowest BCUT2D eigenvalue weighted by atomic mass is 10.0. The normalized spacial score (nSPS) is 15.8. The molecule has 28 heavy (non-hydrogen) atoms. The molecule has 1 saturated heterocycles. The topological polar surface area (TPSA) is 66.2 Å². The number of piperazine rings is 1. The van der Waals surface area contributed by atoms with Crippen molar-refractivity contribution in [1.82, 2.24) is 9.80 Å². The fourth-order valence-electron chi connectivity index (χ4n) is 3.67. The van der Waals surface area contributed by atoms with Gasteiger partial charge in [-0.2, -0.15) is 0 Å². The lowest BCUT2D eigenvalue weighted by molar-refractivity contribution is 0.147. The molecule has 1 aromatic heterocycles. The van der Waals surface area contributed by atoms with Crippen molar-refractivity contribution < 1.29 is 14.3 Å². The van der Waals surface area contributed by atoms with Gasteiger partial charge in [0, 0.05) is 38.8 Å². The molecule has 2 aromatic carbocycles. The molecule has 1 fully saturated rings. The zero-order chi connectivity index (χ0) is 19.7. The Labute approximate surface area is 163 Å². The molecular formula is C22H24N2O4. The Balaban J connectivity index is 1.84. The smallest absolute Gasteiger partial charge is 0.204 e. The third-order valence-corrected chi connectivity index (χ3v) is 5.37.